The summed E-state index contributed by atoms with van der Waals surface area (Å²) in [6, 6.07) is 16.0. The number of aryl methyl sites for hydroxylation is 1. The Kier molecular flexibility index (Phi) is 6.35. The fourth-order valence-corrected chi connectivity index (χ4v) is 3.23. The van der Waals surface area contributed by atoms with Crippen LogP contribution in [-0.4, -0.2) is 48.1 Å². The zero-order chi connectivity index (χ0) is 19.2. The average Bonchev–Trinajstić information content (AvgIpc) is 2.65. The van der Waals surface area contributed by atoms with Gasteiger partial charge in [0.1, 0.15) is 5.75 Å². The van der Waals surface area contributed by atoms with Gasteiger partial charge in [-0.1, -0.05) is 24.3 Å². The minimum atomic E-state index is -0.0388. The Balaban J connectivity index is 1.47. The molecule has 3 rings (SSSR count). The molecule has 0 atom stereocenters. The summed E-state index contributed by atoms with van der Waals surface area (Å²) in [5, 5.41) is 2.98. The number of piperazine rings is 1. The second kappa shape index (κ2) is 8.91. The lowest BCUT2D eigenvalue weighted by molar-refractivity contribution is 0.143. The summed E-state index contributed by atoms with van der Waals surface area (Å²) in [6.45, 7) is 10.4. The molecule has 1 heterocycles. The number of nitrogens with one attached hydrogen (secondary N) is 1. The first-order chi connectivity index (χ1) is 13.0. The SMILES string of the molecule is Cc1ccccc1CN1CCN(C(=O)Nc2ccc(OC(C)C)cc2)CC1. The van der Waals surface area contributed by atoms with Gasteiger partial charge in [0.25, 0.3) is 0 Å². The Morgan fingerprint density at radius 1 is 1.04 bits per heavy atom. The van der Waals surface area contributed by atoms with Gasteiger partial charge in [0.15, 0.2) is 0 Å². The maximum absolute atomic E-state index is 12.5. The summed E-state index contributed by atoms with van der Waals surface area (Å²) < 4.78 is 5.63. The van der Waals surface area contributed by atoms with Crippen LogP contribution in [0.15, 0.2) is 48.5 Å². The van der Waals surface area contributed by atoms with E-state index in [1.807, 2.05) is 43.0 Å². The van der Waals surface area contributed by atoms with Crippen molar-refractivity contribution < 1.29 is 9.53 Å². The minimum absolute atomic E-state index is 0.0388. The van der Waals surface area contributed by atoms with Crippen molar-refractivity contribution in [3.8, 4) is 5.75 Å². The lowest BCUT2D eigenvalue weighted by atomic mass is 10.1. The van der Waals surface area contributed by atoms with E-state index in [-0.39, 0.29) is 12.1 Å². The van der Waals surface area contributed by atoms with Crippen LogP contribution in [0.2, 0.25) is 0 Å². The van der Waals surface area contributed by atoms with Gasteiger partial charge in [0.05, 0.1) is 6.10 Å². The molecule has 0 spiro atoms. The highest BCUT2D eigenvalue weighted by atomic mass is 16.5. The molecule has 5 nitrogen and oxygen atoms in total. The van der Waals surface area contributed by atoms with E-state index in [0.717, 1.165) is 44.2 Å². The van der Waals surface area contributed by atoms with Gasteiger partial charge >= 0.3 is 6.03 Å². The van der Waals surface area contributed by atoms with E-state index in [2.05, 4.69) is 41.4 Å². The molecule has 1 fully saturated rings. The maximum atomic E-state index is 12.5. The summed E-state index contributed by atoms with van der Waals surface area (Å²) >= 11 is 0. The lowest BCUT2D eigenvalue weighted by Gasteiger charge is -2.35. The van der Waals surface area contributed by atoms with Crippen molar-refractivity contribution in [2.24, 2.45) is 0 Å². The highest BCUT2D eigenvalue weighted by Gasteiger charge is 2.21. The van der Waals surface area contributed by atoms with Gasteiger partial charge in [-0.05, 0) is 56.2 Å². The first kappa shape index (κ1) is 19.2. The normalized spacial score (nSPS) is 15.0. The van der Waals surface area contributed by atoms with Crippen LogP contribution in [0, 0.1) is 6.92 Å². The highest BCUT2D eigenvalue weighted by molar-refractivity contribution is 5.89. The molecule has 5 heteroatoms. The lowest BCUT2D eigenvalue weighted by Crippen LogP contribution is -2.49. The first-order valence-electron chi connectivity index (χ1n) is 9.61. The molecule has 0 aromatic heterocycles. The summed E-state index contributed by atoms with van der Waals surface area (Å²) in [5.74, 6) is 0.813. The zero-order valence-electron chi connectivity index (χ0n) is 16.4. The Bertz CT molecular complexity index is 750. The molecular weight excluding hydrogens is 338 g/mol. The van der Waals surface area contributed by atoms with Crippen molar-refractivity contribution in [1.82, 2.24) is 9.80 Å². The van der Waals surface area contributed by atoms with Gasteiger partial charge in [-0.15, -0.1) is 0 Å². The van der Waals surface area contributed by atoms with Crippen LogP contribution in [0.3, 0.4) is 0 Å². The number of amides is 2. The molecule has 2 aromatic rings. The molecule has 2 amide bonds. The number of carbonyl (C=O) groups is 1. The molecule has 1 saturated heterocycles. The van der Waals surface area contributed by atoms with Gasteiger partial charge in [0, 0.05) is 38.4 Å². The van der Waals surface area contributed by atoms with Crippen LogP contribution in [-0.2, 0) is 6.54 Å². The number of hydrogen-bond acceptors (Lipinski definition) is 3. The predicted molar refractivity (Wildman–Crippen MR) is 109 cm³/mol. The van der Waals surface area contributed by atoms with E-state index in [9.17, 15) is 4.79 Å². The van der Waals surface area contributed by atoms with Gasteiger partial charge < -0.3 is 15.0 Å². The Morgan fingerprint density at radius 2 is 1.70 bits per heavy atom. The van der Waals surface area contributed by atoms with Crippen LogP contribution >= 0.6 is 0 Å². The van der Waals surface area contributed by atoms with Crippen molar-refractivity contribution in [3.63, 3.8) is 0 Å². The molecule has 1 N–H and O–H groups in total. The molecule has 0 aliphatic carbocycles. The fraction of sp³-hybridized carbons (Fsp3) is 0.409. The first-order valence-corrected chi connectivity index (χ1v) is 9.61. The van der Waals surface area contributed by atoms with E-state index in [0.29, 0.717) is 0 Å². The Morgan fingerprint density at radius 3 is 2.33 bits per heavy atom. The molecule has 1 aliphatic heterocycles. The third-order valence-corrected chi connectivity index (χ3v) is 4.79. The van der Waals surface area contributed by atoms with E-state index in [4.69, 9.17) is 4.74 Å². The summed E-state index contributed by atoms with van der Waals surface area (Å²) in [5.41, 5.74) is 3.47. The quantitative estimate of drug-likeness (QED) is 0.864. The fourth-order valence-electron chi connectivity index (χ4n) is 3.23. The average molecular weight is 367 g/mol. The van der Waals surface area contributed by atoms with Crippen molar-refractivity contribution in [1.29, 1.82) is 0 Å². The van der Waals surface area contributed by atoms with E-state index >= 15 is 0 Å². The summed E-state index contributed by atoms with van der Waals surface area (Å²) in [4.78, 5) is 16.8. The van der Waals surface area contributed by atoms with Crippen LogP contribution in [0.4, 0.5) is 10.5 Å². The Labute approximate surface area is 161 Å². The molecular formula is C22H29N3O2. The monoisotopic (exact) mass is 367 g/mol. The Hall–Kier alpha value is -2.53. The number of hydrogen-bond donors (Lipinski definition) is 1. The van der Waals surface area contributed by atoms with Gasteiger partial charge in [-0.3, -0.25) is 4.90 Å². The number of rotatable bonds is 5. The van der Waals surface area contributed by atoms with Crippen LogP contribution < -0.4 is 10.1 Å². The van der Waals surface area contributed by atoms with E-state index < -0.39 is 0 Å². The molecule has 144 valence electrons. The molecule has 0 bridgehead atoms. The second-order valence-electron chi connectivity index (χ2n) is 7.31. The number of carbonyl (C=O) groups excluding carboxylic acids is 1. The van der Waals surface area contributed by atoms with Crippen LogP contribution in [0.1, 0.15) is 25.0 Å². The molecule has 27 heavy (non-hydrogen) atoms. The molecule has 2 aromatic carbocycles. The molecule has 0 radical (unpaired) electrons. The topological polar surface area (TPSA) is 44.8 Å². The largest absolute Gasteiger partial charge is 0.491 e. The minimum Gasteiger partial charge on any atom is -0.491 e. The standard InChI is InChI=1S/C22H29N3O2/c1-17(2)27-21-10-8-20(9-11-21)23-22(26)25-14-12-24(13-15-25)16-19-7-5-4-6-18(19)3/h4-11,17H,12-16H2,1-3H3,(H,23,26). The number of anilines is 1. The number of benzene rings is 2. The van der Waals surface area contributed by atoms with Crippen molar-refractivity contribution >= 4 is 11.7 Å². The highest BCUT2D eigenvalue weighted by Crippen LogP contribution is 2.18. The molecule has 0 saturated carbocycles. The maximum Gasteiger partial charge on any atom is 0.321 e. The van der Waals surface area contributed by atoms with Gasteiger partial charge in [-0.2, -0.15) is 0 Å². The molecule has 1 aliphatic rings. The number of nitrogens with zero attached hydrogens (tertiary/aromatic N) is 2. The number of urea groups is 1. The van der Waals surface area contributed by atoms with Crippen molar-refractivity contribution in [3.05, 3.63) is 59.7 Å². The smallest absolute Gasteiger partial charge is 0.321 e. The van der Waals surface area contributed by atoms with Gasteiger partial charge in [-0.25, -0.2) is 4.79 Å². The summed E-state index contributed by atoms with van der Waals surface area (Å²) in [6.07, 6.45) is 0.140. The van der Waals surface area contributed by atoms with E-state index in [1.165, 1.54) is 11.1 Å². The second-order valence-corrected chi connectivity index (χ2v) is 7.31. The van der Waals surface area contributed by atoms with Crippen molar-refractivity contribution in [2.75, 3.05) is 31.5 Å². The van der Waals surface area contributed by atoms with E-state index in [1.54, 1.807) is 0 Å². The van der Waals surface area contributed by atoms with Crippen LogP contribution in [0.5, 0.6) is 5.75 Å². The summed E-state index contributed by atoms with van der Waals surface area (Å²) in [7, 11) is 0. The molecule has 0 unspecified atom stereocenters. The van der Waals surface area contributed by atoms with Gasteiger partial charge in [0.2, 0.25) is 0 Å². The third kappa shape index (κ3) is 5.47. The predicted octanol–water partition coefficient (Wildman–Crippen LogP) is 4.13. The third-order valence-electron chi connectivity index (χ3n) is 4.79. The van der Waals surface area contributed by atoms with Crippen LogP contribution in [0.25, 0.3) is 0 Å². The van der Waals surface area contributed by atoms with Crippen molar-refractivity contribution in [2.45, 2.75) is 33.4 Å². The zero-order valence-corrected chi connectivity index (χ0v) is 16.4. The number of ether oxygens (including phenoxy) is 1.